The predicted molar refractivity (Wildman–Crippen MR) is 91.5 cm³/mol. The van der Waals surface area contributed by atoms with E-state index in [0.29, 0.717) is 11.7 Å². The second-order valence-electron chi connectivity index (χ2n) is 6.74. The molecule has 0 saturated heterocycles. The van der Waals surface area contributed by atoms with Crippen LogP contribution in [0.15, 0.2) is 18.2 Å². The molecule has 1 aliphatic carbocycles. The van der Waals surface area contributed by atoms with Gasteiger partial charge in [0.2, 0.25) is 0 Å². The highest BCUT2D eigenvalue weighted by molar-refractivity contribution is 5.75. The smallest absolute Gasteiger partial charge is 0.322 e. The summed E-state index contributed by atoms with van der Waals surface area (Å²) in [6.07, 6.45) is 5.37. The fourth-order valence-corrected chi connectivity index (χ4v) is 3.71. The molecular weight excluding hydrogens is 309 g/mol. The number of benzene rings is 1. The van der Waals surface area contributed by atoms with E-state index in [9.17, 15) is 9.18 Å². The van der Waals surface area contributed by atoms with Gasteiger partial charge in [-0.15, -0.1) is 0 Å². The van der Waals surface area contributed by atoms with Crippen molar-refractivity contribution in [3.05, 3.63) is 29.6 Å². The van der Waals surface area contributed by atoms with Crippen LogP contribution in [0.4, 0.5) is 4.39 Å². The highest BCUT2D eigenvalue weighted by Gasteiger charge is 2.34. The SMILES string of the molecule is COc1cc(F)ccc1[C@H](C1CCCCC1)[C@H](C)OC(=O)[C@H](C)N. The largest absolute Gasteiger partial charge is 0.496 e. The Hall–Kier alpha value is -1.62. The molecule has 2 N–H and O–H groups in total. The second kappa shape index (κ2) is 8.47. The number of carbonyl (C=O) groups is 1. The summed E-state index contributed by atoms with van der Waals surface area (Å²) in [4.78, 5) is 11.9. The van der Waals surface area contributed by atoms with Gasteiger partial charge in [0.1, 0.15) is 23.7 Å². The van der Waals surface area contributed by atoms with Gasteiger partial charge in [-0.25, -0.2) is 4.39 Å². The van der Waals surface area contributed by atoms with Gasteiger partial charge in [-0.05, 0) is 38.7 Å². The molecule has 4 nitrogen and oxygen atoms in total. The van der Waals surface area contributed by atoms with Gasteiger partial charge in [-0.3, -0.25) is 4.79 Å². The third kappa shape index (κ3) is 4.47. The van der Waals surface area contributed by atoms with Crippen molar-refractivity contribution in [3.63, 3.8) is 0 Å². The van der Waals surface area contributed by atoms with Crippen LogP contribution in [-0.4, -0.2) is 25.2 Å². The molecule has 2 rings (SSSR count). The van der Waals surface area contributed by atoms with E-state index in [1.165, 1.54) is 38.5 Å². The van der Waals surface area contributed by atoms with E-state index in [-0.39, 0.29) is 17.8 Å². The Bertz CT molecular complexity index is 556. The third-order valence-electron chi connectivity index (χ3n) is 4.89. The van der Waals surface area contributed by atoms with Gasteiger partial charge in [-0.1, -0.05) is 25.3 Å². The molecule has 1 fully saturated rings. The standard InChI is InChI=1S/C19H28FNO3/c1-12(21)19(22)24-13(2)18(14-7-5-4-6-8-14)16-10-9-15(20)11-17(16)23-3/h9-14,18H,4-8,21H2,1-3H3/t12-,13-,18-/m0/s1. The first-order valence-corrected chi connectivity index (χ1v) is 8.73. The van der Waals surface area contributed by atoms with Gasteiger partial charge >= 0.3 is 5.97 Å². The van der Waals surface area contributed by atoms with Gasteiger partial charge in [-0.2, -0.15) is 0 Å². The molecule has 0 radical (unpaired) electrons. The summed E-state index contributed by atoms with van der Waals surface area (Å²) in [5.41, 5.74) is 6.53. The number of esters is 1. The molecule has 0 bridgehead atoms. The van der Waals surface area contributed by atoms with Gasteiger partial charge in [0.05, 0.1) is 7.11 Å². The van der Waals surface area contributed by atoms with Crippen LogP contribution in [0, 0.1) is 11.7 Å². The number of hydrogen-bond donors (Lipinski definition) is 1. The van der Waals surface area contributed by atoms with Crippen molar-refractivity contribution in [3.8, 4) is 5.75 Å². The van der Waals surface area contributed by atoms with Crippen molar-refractivity contribution in [2.45, 2.75) is 64.0 Å². The molecule has 1 aromatic rings. The molecule has 1 aliphatic rings. The van der Waals surface area contributed by atoms with Crippen molar-refractivity contribution in [2.75, 3.05) is 7.11 Å². The summed E-state index contributed by atoms with van der Waals surface area (Å²) >= 11 is 0. The second-order valence-corrected chi connectivity index (χ2v) is 6.74. The van der Waals surface area contributed by atoms with E-state index in [1.54, 1.807) is 13.0 Å². The zero-order valence-corrected chi connectivity index (χ0v) is 14.8. The molecule has 0 heterocycles. The summed E-state index contributed by atoms with van der Waals surface area (Å²) in [6.45, 7) is 3.51. The quantitative estimate of drug-likeness (QED) is 0.803. The molecule has 1 aromatic carbocycles. The van der Waals surface area contributed by atoms with E-state index in [0.717, 1.165) is 18.4 Å². The summed E-state index contributed by atoms with van der Waals surface area (Å²) < 4.78 is 24.6. The number of carbonyl (C=O) groups excluding carboxylic acids is 1. The molecule has 5 heteroatoms. The number of halogens is 1. The van der Waals surface area contributed by atoms with Crippen LogP contribution in [-0.2, 0) is 9.53 Å². The van der Waals surface area contributed by atoms with Crippen molar-refractivity contribution >= 4 is 5.97 Å². The fraction of sp³-hybridized carbons (Fsp3) is 0.632. The summed E-state index contributed by atoms with van der Waals surface area (Å²) in [5, 5.41) is 0. The Labute approximate surface area is 143 Å². The Morgan fingerprint density at radius 1 is 1.25 bits per heavy atom. The average molecular weight is 337 g/mol. The number of rotatable bonds is 6. The highest BCUT2D eigenvalue weighted by Crippen LogP contribution is 2.42. The van der Waals surface area contributed by atoms with Crippen LogP contribution >= 0.6 is 0 Å². The molecule has 1 saturated carbocycles. The molecule has 0 aliphatic heterocycles. The number of nitrogens with two attached hydrogens (primary N) is 1. The van der Waals surface area contributed by atoms with E-state index in [4.69, 9.17) is 15.2 Å². The Kier molecular flexibility index (Phi) is 6.60. The topological polar surface area (TPSA) is 61.5 Å². The van der Waals surface area contributed by atoms with E-state index < -0.39 is 12.0 Å². The summed E-state index contributed by atoms with van der Waals surface area (Å²) in [5.74, 6) is 0.120. The average Bonchev–Trinajstić information content (AvgIpc) is 2.57. The lowest BCUT2D eigenvalue weighted by Crippen LogP contribution is -2.36. The molecular formula is C19H28FNO3. The first-order valence-electron chi connectivity index (χ1n) is 8.73. The van der Waals surface area contributed by atoms with Crippen molar-refractivity contribution in [2.24, 2.45) is 11.7 Å². The monoisotopic (exact) mass is 337 g/mol. The summed E-state index contributed by atoms with van der Waals surface area (Å²) in [7, 11) is 1.54. The number of methoxy groups -OCH3 is 1. The van der Waals surface area contributed by atoms with Crippen LogP contribution in [0.3, 0.4) is 0 Å². The molecule has 24 heavy (non-hydrogen) atoms. The lowest BCUT2D eigenvalue weighted by Gasteiger charge is -2.35. The fourth-order valence-electron chi connectivity index (χ4n) is 3.71. The third-order valence-corrected chi connectivity index (χ3v) is 4.89. The van der Waals surface area contributed by atoms with Crippen LogP contribution < -0.4 is 10.5 Å². The minimum atomic E-state index is -0.658. The molecule has 0 spiro atoms. The van der Waals surface area contributed by atoms with E-state index in [2.05, 4.69) is 0 Å². The number of hydrogen-bond acceptors (Lipinski definition) is 4. The molecule has 134 valence electrons. The molecule has 0 aromatic heterocycles. The maximum Gasteiger partial charge on any atom is 0.322 e. The zero-order valence-electron chi connectivity index (χ0n) is 14.8. The minimum absolute atomic E-state index is 0.0245. The normalized spacial score (nSPS) is 19.4. The van der Waals surface area contributed by atoms with E-state index in [1.807, 2.05) is 6.92 Å². The van der Waals surface area contributed by atoms with Gasteiger partial charge in [0, 0.05) is 17.5 Å². The van der Waals surface area contributed by atoms with Crippen molar-refractivity contribution < 1.29 is 18.7 Å². The lowest BCUT2D eigenvalue weighted by atomic mass is 9.74. The van der Waals surface area contributed by atoms with Gasteiger partial charge in [0.15, 0.2) is 0 Å². The van der Waals surface area contributed by atoms with Crippen LogP contribution in [0.5, 0.6) is 5.75 Å². The molecule has 3 atom stereocenters. The zero-order chi connectivity index (χ0) is 17.7. The first-order chi connectivity index (χ1) is 11.4. The molecule has 0 amide bonds. The van der Waals surface area contributed by atoms with Gasteiger partial charge < -0.3 is 15.2 Å². The van der Waals surface area contributed by atoms with Crippen LogP contribution in [0.25, 0.3) is 0 Å². The van der Waals surface area contributed by atoms with Gasteiger partial charge in [0.25, 0.3) is 0 Å². The van der Waals surface area contributed by atoms with Crippen LogP contribution in [0.1, 0.15) is 57.4 Å². The maximum atomic E-state index is 13.6. The Morgan fingerprint density at radius 3 is 2.50 bits per heavy atom. The van der Waals surface area contributed by atoms with E-state index >= 15 is 0 Å². The van der Waals surface area contributed by atoms with Crippen LogP contribution in [0.2, 0.25) is 0 Å². The summed E-state index contributed by atoms with van der Waals surface area (Å²) in [6, 6.07) is 3.93. The predicted octanol–water partition coefficient (Wildman–Crippen LogP) is 3.78. The van der Waals surface area contributed by atoms with Crippen molar-refractivity contribution in [1.82, 2.24) is 0 Å². The first kappa shape index (κ1) is 18.7. The highest BCUT2D eigenvalue weighted by atomic mass is 19.1. The Morgan fingerprint density at radius 2 is 1.92 bits per heavy atom. The minimum Gasteiger partial charge on any atom is -0.496 e. The number of ether oxygens (including phenoxy) is 2. The van der Waals surface area contributed by atoms with Crippen molar-refractivity contribution in [1.29, 1.82) is 0 Å². The maximum absolute atomic E-state index is 13.6. The Balaban J connectivity index is 2.33. The lowest BCUT2D eigenvalue weighted by molar-refractivity contribution is -0.151. The molecule has 0 unspecified atom stereocenters.